The number of hydrogen-bond acceptors (Lipinski definition) is 4. The molecule has 1 aliphatic rings. The van der Waals surface area contributed by atoms with E-state index < -0.39 is 29.3 Å². The van der Waals surface area contributed by atoms with Crippen LogP contribution in [0.1, 0.15) is 44.6 Å². The van der Waals surface area contributed by atoms with Crippen LogP contribution in [-0.4, -0.2) is 23.5 Å². The third-order valence-corrected chi connectivity index (χ3v) is 4.25. The smallest absolute Gasteiger partial charge is 0.331 e. The van der Waals surface area contributed by atoms with Crippen LogP contribution in [0.25, 0.3) is 6.08 Å². The lowest BCUT2D eigenvalue weighted by Crippen LogP contribution is -2.52. The molecule has 0 saturated heterocycles. The van der Waals surface area contributed by atoms with Gasteiger partial charge in [0.2, 0.25) is 0 Å². The molecule has 1 aromatic rings. The number of esters is 1. The van der Waals surface area contributed by atoms with Crippen LogP contribution >= 0.6 is 0 Å². The highest BCUT2D eigenvalue weighted by molar-refractivity contribution is 5.90. The number of rotatable bonds is 5. The Kier molecular flexibility index (Phi) is 6.29. The Labute approximate surface area is 146 Å². The van der Waals surface area contributed by atoms with Crippen molar-refractivity contribution in [2.75, 3.05) is 0 Å². The van der Waals surface area contributed by atoms with E-state index in [-0.39, 0.29) is 5.56 Å². The summed E-state index contributed by atoms with van der Waals surface area (Å²) < 4.78 is 18.5. The summed E-state index contributed by atoms with van der Waals surface area (Å²) >= 11 is 0. The van der Waals surface area contributed by atoms with Gasteiger partial charge in [0, 0.05) is 11.6 Å². The Morgan fingerprint density at radius 1 is 1.32 bits per heavy atom. The molecule has 25 heavy (non-hydrogen) atoms. The van der Waals surface area contributed by atoms with Gasteiger partial charge in [-0.25, -0.2) is 9.18 Å². The topological polar surface area (TPSA) is 79.2 Å². The molecule has 0 radical (unpaired) electrons. The van der Waals surface area contributed by atoms with Gasteiger partial charge in [-0.1, -0.05) is 37.5 Å². The molecule has 2 rings (SSSR count). The molecule has 0 unspecified atom stereocenters. The standard InChI is InChI=1S/C19H21FN2O3/c1-14(18(24)22-19(13-21)11-5-2-6-12-19)25-17(23)10-9-15-7-3-4-8-16(15)20/h3-4,7-10,14H,2,5-6,11-12H2,1H3,(H,22,24)/b10-9+/t14-/m1/s1. The number of nitriles is 1. The van der Waals surface area contributed by atoms with Crippen LogP contribution in [0.2, 0.25) is 0 Å². The van der Waals surface area contributed by atoms with E-state index in [0.29, 0.717) is 12.8 Å². The van der Waals surface area contributed by atoms with Crippen molar-refractivity contribution >= 4 is 18.0 Å². The van der Waals surface area contributed by atoms with E-state index in [4.69, 9.17) is 4.74 Å². The summed E-state index contributed by atoms with van der Waals surface area (Å²) in [5.74, 6) is -1.71. The van der Waals surface area contributed by atoms with Gasteiger partial charge in [-0.05, 0) is 31.9 Å². The Hall–Kier alpha value is -2.68. The molecule has 0 aliphatic heterocycles. The highest BCUT2D eigenvalue weighted by atomic mass is 19.1. The number of halogens is 1. The van der Waals surface area contributed by atoms with Crippen LogP contribution in [0.4, 0.5) is 4.39 Å². The molecule has 0 spiro atoms. The number of benzene rings is 1. The number of amides is 1. The quantitative estimate of drug-likeness (QED) is 0.657. The summed E-state index contributed by atoms with van der Waals surface area (Å²) in [6.07, 6.45) is 5.34. The maximum absolute atomic E-state index is 13.5. The largest absolute Gasteiger partial charge is 0.449 e. The van der Waals surface area contributed by atoms with Crippen molar-refractivity contribution < 1.29 is 18.7 Å². The Morgan fingerprint density at radius 3 is 2.64 bits per heavy atom. The average Bonchev–Trinajstić information content (AvgIpc) is 2.61. The minimum absolute atomic E-state index is 0.252. The fraction of sp³-hybridized carbons (Fsp3) is 0.421. The van der Waals surface area contributed by atoms with Crippen molar-refractivity contribution in [2.45, 2.75) is 50.7 Å². The highest BCUT2D eigenvalue weighted by Gasteiger charge is 2.35. The van der Waals surface area contributed by atoms with Crippen molar-refractivity contribution in [3.63, 3.8) is 0 Å². The minimum Gasteiger partial charge on any atom is -0.449 e. The number of ether oxygens (including phenoxy) is 1. The van der Waals surface area contributed by atoms with E-state index in [1.165, 1.54) is 25.1 Å². The van der Waals surface area contributed by atoms with Crippen molar-refractivity contribution in [3.05, 3.63) is 41.7 Å². The lowest BCUT2D eigenvalue weighted by atomic mass is 9.83. The summed E-state index contributed by atoms with van der Waals surface area (Å²) in [6, 6.07) is 8.19. The lowest BCUT2D eigenvalue weighted by molar-refractivity contribution is -0.150. The van der Waals surface area contributed by atoms with Crippen molar-refractivity contribution in [3.8, 4) is 6.07 Å². The van der Waals surface area contributed by atoms with E-state index in [1.54, 1.807) is 12.1 Å². The van der Waals surface area contributed by atoms with Gasteiger partial charge in [-0.2, -0.15) is 5.26 Å². The van der Waals surface area contributed by atoms with Crippen molar-refractivity contribution in [2.24, 2.45) is 0 Å². The fourth-order valence-corrected chi connectivity index (χ4v) is 2.79. The molecule has 1 aromatic carbocycles. The van der Waals surface area contributed by atoms with E-state index in [2.05, 4.69) is 11.4 Å². The van der Waals surface area contributed by atoms with E-state index in [0.717, 1.165) is 25.3 Å². The monoisotopic (exact) mass is 344 g/mol. The first kappa shape index (κ1) is 18.7. The van der Waals surface area contributed by atoms with Gasteiger partial charge in [0.05, 0.1) is 6.07 Å². The molecule has 1 N–H and O–H groups in total. The minimum atomic E-state index is -1.04. The van der Waals surface area contributed by atoms with Crippen LogP contribution in [0.5, 0.6) is 0 Å². The van der Waals surface area contributed by atoms with Gasteiger partial charge in [0.1, 0.15) is 11.4 Å². The molecule has 5 nitrogen and oxygen atoms in total. The Bertz CT molecular complexity index is 703. The summed E-state index contributed by atoms with van der Waals surface area (Å²) in [7, 11) is 0. The van der Waals surface area contributed by atoms with Crippen LogP contribution in [0.15, 0.2) is 30.3 Å². The molecule has 1 atom stereocenters. The Morgan fingerprint density at radius 2 is 2.00 bits per heavy atom. The highest BCUT2D eigenvalue weighted by Crippen LogP contribution is 2.27. The fourth-order valence-electron chi connectivity index (χ4n) is 2.79. The second-order valence-electron chi connectivity index (χ2n) is 6.18. The summed E-state index contributed by atoms with van der Waals surface area (Å²) in [5.41, 5.74) is -0.624. The SMILES string of the molecule is C[C@@H](OC(=O)/C=C/c1ccccc1F)C(=O)NC1(C#N)CCCCC1. The molecule has 132 valence electrons. The number of hydrogen-bond donors (Lipinski definition) is 1. The molecule has 6 heteroatoms. The molecule has 0 bridgehead atoms. The lowest BCUT2D eigenvalue weighted by Gasteiger charge is -2.32. The molecule has 1 amide bonds. The molecular weight excluding hydrogens is 323 g/mol. The van der Waals surface area contributed by atoms with Crippen LogP contribution in [0, 0.1) is 17.1 Å². The molecular formula is C19H21FN2O3. The zero-order valence-electron chi connectivity index (χ0n) is 14.1. The first-order valence-corrected chi connectivity index (χ1v) is 8.32. The maximum atomic E-state index is 13.5. The normalized spacial score (nSPS) is 17.5. The molecule has 0 aromatic heterocycles. The van der Waals surface area contributed by atoms with Crippen molar-refractivity contribution in [1.29, 1.82) is 5.26 Å². The van der Waals surface area contributed by atoms with Gasteiger partial charge in [0.25, 0.3) is 5.91 Å². The molecule has 0 heterocycles. The number of nitrogens with one attached hydrogen (secondary N) is 1. The average molecular weight is 344 g/mol. The van der Waals surface area contributed by atoms with Crippen LogP contribution < -0.4 is 5.32 Å². The summed E-state index contributed by atoms with van der Waals surface area (Å²) in [4.78, 5) is 24.0. The van der Waals surface area contributed by atoms with Gasteiger partial charge in [-0.3, -0.25) is 4.79 Å². The number of nitrogens with zero attached hydrogens (tertiary/aromatic N) is 1. The first-order chi connectivity index (χ1) is 12.0. The van der Waals surface area contributed by atoms with E-state index in [1.807, 2.05) is 0 Å². The van der Waals surface area contributed by atoms with Crippen LogP contribution in [-0.2, 0) is 14.3 Å². The molecule has 1 aliphatic carbocycles. The zero-order valence-corrected chi connectivity index (χ0v) is 14.1. The summed E-state index contributed by atoms with van der Waals surface area (Å²) in [6.45, 7) is 1.44. The summed E-state index contributed by atoms with van der Waals surface area (Å²) in [5, 5.41) is 12.1. The first-order valence-electron chi connectivity index (χ1n) is 8.32. The van der Waals surface area contributed by atoms with E-state index >= 15 is 0 Å². The third-order valence-electron chi connectivity index (χ3n) is 4.25. The zero-order chi connectivity index (χ0) is 18.3. The second-order valence-corrected chi connectivity index (χ2v) is 6.18. The maximum Gasteiger partial charge on any atom is 0.331 e. The second kappa shape index (κ2) is 8.43. The van der Waals surface area contributed by atoms with Gasteiger partial charge >= 0.3 is 5.97 Å². The van der Waals surface area contributed by atoms with Crippen molar-refractivity contribution in [1.82, 2.24) is 5.32 Å². The van der Waals surface area contributed by atoms with Gasteiger partial charge < -0.3 is 10.1 Å². The number of carbonyl (C=O) groups excluding carboxylic acids is 2. The third kappa shape index (κ3) is 5.15. The van der Waals surface area contributed by atoms with Gasteiger partial charge in [-0.15, -0.1) is 0 Å². The molecule has 1 saturated carbocycles. The Balaban J connectivity index is 1.91. The van der Waals surface area contributed by atoms with E-state index in [9.17, 15) is 19.2 Å². The predicted octanol–water partition coefficient (Wildman–Crippen LogP) is 3.11. The predicted molar refractivity (Wildman–Crippen MR) is 90.6 cm³/mol. The number of carbonyl (C=O) groups is 2. The van der Waals surface area contributed by atoms with Gasteiger partial charge in [0.15, 0.2) is 6.10 Å². The molecule has 1 fully saturated rings. The van der Waals surface area contributed by atoms with Crippen LogP contribution in [0.3, 0.4) is 0 Å².